The van der Waals surface area contributed by atoms with Crippen LogP contribution in [0.2, 0.25) is 0 Å². The van der Waals surface area contributed by atoms with E-state index in [0.717, 1.165) is 50.0 Å². The molecule has 0 aliphatic carbocycles. The topological polar surface area (TPSA) is 52.8 Å². The Hall–Kier alpha value is -1.73. The van der Waals surface area contributed by atoms with Crippen molar-refractivity contribution in [1.29, 1.82) is 0 Å². The molecule has 136 valence electrons. The number of fused-ring (bicyclic) bond motifs is 1. The number of piperidine rings is 1. The maximum atomic E-state index is 4.56. The summed E-state index contributed by atoms with van der Waals surface area (Å²) >= 11 is 0. The number of hydrogen-bond acceptors (Lipinski definition) is 6. The van der Waals surface area contributed by atoms with Crippen LogP contribution in [0.25, 0.3) is 5.78 Å². The SMILES string of the molecule is CCc1cc(N2CCN(CC3CCCN(C)C3)CC2)n2ncnc2n1. The van der Waals surface area contributed by atoms with Gasteiger partial charge in [0.1, 0.15) is 12.1 Å². The molecule has 0 aromatic carbocycles. The van der Waals surface area contributed by atoms with Crippen molar-refractivity contribution >= 4 is 11.6 Å². The van der Waals surface area contributed by atoms with Gasteiger partial charge in [-0.1, -0.05) is 6.92 Å². The van der Waals surface area contributed by atoms with Gasteiger partial charge in [-0.05, 0) is 38.8 Å². The lowest BCUT2D eigenvalue weighted by atomic mass is 9.97. The highest BCUT2D eigenvalue weighted by Crippen LogP contribution is 2.21. The van der Waals surface area contributed by atoms with Gasteiger partial charge < -0.3 is 9.80 Å². The molecule has 0 spiro atoms. The summed E-state index contributed by atoms with van der Waals surface area (Å²) in [5.74, 6) is 2.68. The molecule has 2 aromatic heterocycles. The van der Waals surface area contributed by atoms with Gasteiger partial charge in [-0.25, -0.2) is 4.98 Å². The molecule has 25 heavy (non-hydrogen) atoms. The highest BCUT2D eigenvalue weighted by molar-refractivity contribution is 5.47. The van der Waals surface area contributed by atoms with Gasteiger partial charge in [0.15, 0.2) is 0 Å². The van der Waals surface area contributed by atoms with Crippen LogP contribution in [0.3, 0.4) is 0 Å². The van der Waals surface area contributed by atoms with E-state index in [2.05, 4.69) is 49.8 Å². The molecular formula is C18H29N7. The molecule has 7 heteroatoms. The molecule has 1 unspecified atom stereocenters. The van der Waals surface area contributed by atoms with E-state index in [1.54, 1.807) is 6.33 Å². The molecule has 2 saturated heterocycles. The summed E-state index contributed by atoms with van der Waals surface area (Å²) in [6, 6.07) is 2.17. The van der Waals surface area contributed by atoms with Crippen LogP contribution in [0.5, 0.6) is 0 Å². The summed E-state index contributed by atoms with van der Waals surface area (Å²) in [5.41, 5.74) is 1.09. The number of likely N-dealkylation sites (tertiary alicyclic amines) is 1. The lowest BCUT2D eigenvalue weighted by Crippen LogP contribution is -2.49. The minimum Gasteiger partial charge on any atom is -0.354 e. The zero-order valence-corrected chi connectivity index (χ0v) is 15.4. The Bertz CT molecular complexity index is 705. The number of anilines is 1. The molecule has 2 aromatic rings. The largest absolute Gasteiger partial charge is 0.354 e. The van der Waals surface area contributed by atoms with Gasteiger partial charge >= 0.3 is 0 Å². The molecule has 2 aliphatic rings. The molecule has 7 nitrogen and oxygen atoms in total. The molecule has 0 bridgehead atoms. The maximum absolute atomic E-state index is 4.56. The standard InChI is InChI=1S/C18H29N7/c1-3-16-11-17(25-18(21-16)19-14-20-25)24-9-7-23(8-10-24)13-15-5-4-6-22(2)12-15/h11,14-15H,3-10,12-13H2,1-2H3. The van der Waals surface area contributed by atoms with Gasteiger partial charge in [-0.15, -0.1) is 0 Å². The van der Waals surface area contributed by atoms with E-state index >= 15 is 0 Å². The fourth-order valence-electron chi connectivity index (χ4n) is 4.20. The maximum Gasteiger partial charge on any atom is 0.254 e. The number of hydrogen-bond donors (Lipinski definition) is 0. The molecular weight excluding hydrogens is 314 g/mol. The predicted octanol–water partition coefficient (Wildman–Crippen LogP) is 1.15. The van der Waals surface area contributed by atoms with Crippen LogP contribution in [-0.4, -0.2) is 82.2 Å². The van der Waals surface area contributed by atoms with E-state index < -0.39 is 0 Å². The van der Waals surface area contributed by atoms with Crippen LogP contribution < -0.4 is 4.90 Å². The van der Waals surface area contributed by atoms with Crippen molar-refractivity contribution in [2.24, 2.45) is 5.92 Å². The molecule has 2 fully saturated rings. The molecule has 4 heterocycles. The Labute approximate surface area is 149 Å². The van der Waals surface area contributed by atoms with Crippen LogP contribution >= 0.6 is 0 Å². The number of aryl methyl sites for hydroxylation is 1. The lowest BCUT2D eigenvalue weighted by Gasteiger charge is -2.39. The van der Waals surface area contributed by atoms with Gasteiger partial charge in [-0.2, -0.15) is 14.6 Å². The van der Waals surface area contributed by atoms with E-state index in [0.29, 0.717) is 5.78 Å². The van der Waals surface area contributed by atoms with E-state index in [-0.39, 0.29) is 0 Å². The second-order valence-corrected chi connectivity index (χ2v) is 7.49. The monoisotopic (exact) mass is 343 g/mol. The molecule has 1 atom stereocenters. The Morgan fingerprint density at radius 3 is 2.76 bits per heavy atom. The number of piperazine rings is 1. The average molecular weight is 343 g/mol. The van der Waals surface area contributed by atoms with Crippen molar-refractivity contribution in [1.82, 2.24) is 29.4 Å². The Kier molecular flexibility index (Phi) is 4.85. The first-order chi connectivity index (χ1) is 12.2. The van der Waals surface area contributed by atoms with Gasteiger partial charge in [0.2, 0.25) is 0 Å². The second-order valence-electron chi connectivity index (χ2n) is 7.49. The van der Waals surface area contributed by atoms with E-state index in [1.807, 2.05) is 4.52 Å². The quantitative estimate of drug-likeness (QED) is 0.830. The summed E-state index contributed by atoms with van der Waals surface area (Å²) in [6.07, 6.45) is 5.25. The highest BCUT2D eigenvalue weighted by Gasteiger charge is 2.24. The number of aromatic nitrogens is 4. The third-order valence-electron chi connectivity index (χ3n) is 5.58. The van der Waals surface area contributed by atoms with Gasteiger partial charge in [0.05, 0.1) is 0 Å². The van der Waals surface area contributed by atoms with Crippen LogP contribution in [-0.2, 0) is 6.42 Å². The first kappa shape index (κ1) is 16.7. The highest BCUT2D eigenvalue weighted by atomic mass is 15.4. The molecule has 0 radical (unpaired) electrons. The van der Waals surface area contributed by atoms with Crippen LogP contribution in [0, 0.1) is 5.92 Å². The summed E-state index contributed by atoms with van der Waals surface area (Å²) in [5, 5.41) is 4.37. The number of rotatable bonds is 4. The van der Waals surface area contributed by atoms with Crippen LogP contribution in [0.1, 0.15) is 25.5 Å². The summed E-state index contributed by atoms with van der Waals surface area (Å²) in [7, 11) is 2.25. The van der Waals surface area contributed by atoms with E-state index in [9.17, 15) is 0 Å². The van der Waals surface area contributed by atoms with E-state index in [1.165, 1.54) is 32.5 Å². The zero-order chi connectivity index (χ0) is 17.2. The van der Waals surface area contributed by atoms with Crippen molar-refractivity contribution in [3.8, 4) is 0 Å². The minimum absolute atomic E-state index is 0.710. The van der Waals surface area contributed by atoms with E-state index in [4.69, 9.17) is 0 Å². The zero-order valence-electron chi connectivity index (χ0n) is 15.4. The predicted molar refractivity (Wildman–Crippen MR) is 99.0 cm³/mol. The Balaban J connectivity index is 1.41. The fraction of sp³-hybridized carbons (Fsp3) is 0.722. The number of nitrogens with zero attached hydrogens (tertiary/aromatic N) is 7. The average Bonchev–Trinajstić information content (AvgIpc) is 3.10. The van der Waals surface area contributed by atoms with Crippen molar-refractivity contribution in [3.05, 3.63) is 18.1 Å². The third-order valence-corrected chi connectivity index (χ3v) is 5.58. The molecule has 2 aliphatic heterocycles. The molecule has 4 rings (SSSR count). The van der Waals surface area contributed by atoms with Crippen molar-refractivity contribution in [3.63, 3.8) is 0 Å². The smallest absolute Gasteiger partial charge is 0.254 e. The van der Waals surface area contributed by atoms with Gasteiger partial charge in [0.25, 0.3) is 5.78 Å². The first-order valence-corrected chi connectivity index (χ1v) is 9.58. The van der Waals surface area contributed by atoms with Gasteiger partial charge in [-0.3, -0.25) is 4.90 Å². The molecule has 0 saturated carbocycles. The second kappa shape index (κ2) is 7.25. The fourth-order valence-corrected chi connectivity index (χ4v) is 4.20. The third kappa shape index (κ3) is 3.62. The summed E-state index contributed by atoms with van der Waals surface area (Å²) in [4.78, 5) is 16.4. The Morgan fingerprint density at radius 2 is 2.00 bits per heavy atom. The first-order valence-electron chi connectivity index (χ1n) is 9.58. The van der Waals surface area contributed by atoms with Crippen LogP contribution in [0.15, 0.2) is 12.4 Å². The lowest BCUT2D eigenvalue weighted by molar-refractivity contribution is 0.147. The van der Waals surface area contributed by atoms with Gasteiger partial charge in [0, 0.05) is 51.0 Å². The normalized spacial score (nSPS) is 23.4. The Morgan fingerprint density at radius 1 is 1.16 bits per heavy atom. The van der Waals surface area contributed by atoms with Crippen molar-refractivity contribution < 1.29 is 0 Å². The summed E-state index contributed by atoms with van der Waals surface area (Å²) in [6.45, 7) is 10.2. The molecule has 0 amide bonds. The summed E-state index contributed by atoms with van der Waals surface area (Å²) < 4.78 is 1.88. The minimum atomic E-state index is 0.710. The van der Waals surface area contributed by atoms with Crippen LogP contribution in [0.4, 0.5) is 5.82 Å². The van der Waals surface area contributed by atoms with Crippen molar-refractivity contribution in [2.45, 2.75) is 26.2 Å². The molecule has 0 N–H and O–H groups in total. The van der Waals surface area contributed by atoms with Crippen molar-refractivity contribution in [2.75, 3.05) is 57.8 Å².